The average Bonchev–Trinajstić information content (AvgIpc) is 2.90. The first-order valence-electron chi connectivity index (χ1n) is 8.51. The van der Waals surface area contributed by atoms with Gasteiger partial charge in [-0.1, -0.05) is 11.6 Å². The SMILES string of the molecule is O=C1CN(S(=O)(=O)c2cc(C(=O)Nc3ccc(F)c(Cl)c3)ccc2F)CCCN1. The fourth-order valence-electron chi connectivity index (χ4n) is 2.74. The molecule has 2 aromatic carbocycles. The van der Waals surface area contributed by atoms with Crippen molar-refractivity contribution < 1.29 is 26.8 Å². The highest BCUT2D eigenvalue weighted by molar-refractivity contribution is 7.89. The maximum atomic E-state index is 14.3. The van der Waals surface area contributed by atoms with Gasteiger partial charge in [-0.3, -0.25) is 9.59 Å². The van der Waals surface area contributed by atoms with E-state index >= 15 is 0 Å². The predicted molar refractivity (Wildman–Crippen MR) is 102 cm³/mol. The standard InChI is InChI=1S/C18H16ClF2N3O4S/c19-13-9-12(3-5-14(13)20)23-18(26)11-2-4-15(21)16(8-11)29(27,28)24-7-1-6-22-17(25)10-24/h2-5,8-9H,1,6-7,10H2,(H,22,25)(H,23,26). The molecule has 1 fully saturated rings. The molecule has 0 spiro atoms. The van der Waals surface area contributed by atoms with Gasteiger partial charge in [0, 0.05) is 24.3 Å². The molecule has 1 heterocycles. The molecule has 1 aliphatic rings. The summed E-state index contributed by atoms with van der Waals surface area (Å²) in [5.41, 5.74) is 0.0454. The van der Waals surface area contributed by atoms with Gasteiger partial charge in [0.2, 0.25) is 15.9 Å². The largest absolute Gasteiger partial charge is 0.355 e. The molecule has 0 atom stereocenters. The molecule has 0 unspecified atom stereocenters. The minimum atomic E-state index is -4.34. The first-order valence-corrected chi connectivity index (χ1v) is 10.3. The van der Waals surface area contributed by atoms with E-state index in [1.807, 2.05) is 0 Å². The number of anilines is 1. The minimum Gasteiger partial charge on any atom is -0.355 e. The highest BCUT2D eigenvalue weighted by Crippen LogP contribution is 2.23. The third-order valence-corrected chi connectivity index (χ3v) is 6.36. The van der Waals surface area contributed by atoms with Gasteiger partial charge in [-0.25, -0.2) is 17.2 Å². The Balaban J connectivity index is 1.89. The Labute approximate surface area is 170 Å². The van der Waals surface area contributed by atoms with Crippen molar-refractivity contribution in [2.45, 2.75) is 11.3 Å². The second kappa shape index (κ2) is 8.44. The molecule has 154 valence electrons. The Morgan fingerprint density at radius 2 is 1.86 bits per heavy atom. The zero-order valence-corrected chi connectivity index (χ0v) is 16.5. The van der Waals surface area contributed by atoms with Gasteiger partial charge < -0.3 is 10.6 Å². The quantitative estimate of drug-likeness (QED) is 0.758. The number of hydrogen-bond acceptors (Lipinski definition) is 4. The molecule has 29 heavy (non-hydrogen) atoms. The van der Waals surface area contributed by atoms with Gasteiger partial charge in [0.05, 0.1) is 11.6 Å². The van der Waals surface area contributed by atoms with E-state index in [-0.39, 0.29) is 22.8 Å². The van der Waals surface area contributed by atoms with Crippen molar-refractivity contribution in [3.63, 3.8) is 0 Å². The van der Waals surface area contributed by atoms with E-state index in [4.69, 9.17) is 11.6 Å². The first kappa shape index (κ1) is 21.2. The third-order valence-electron chi connectivity index (χ3n) is 4.22. The lowest BCUT2D eigenvalue weighted by atomic mass is 10.2. The summed E-state index contributed by atoms with van der Waals surface area (Å²) in [6.07, 6.45) is 0.373. The van der Waals surface area contributed by atoms with Crippen LogP contribution < -0.4 is 10.6 Å². The zero-order valence-electron chi connectivity index (χ0n) is 14.9. The van der Waals surface area contributed by atoms with E-state index in [1.54, 1.807) is 0 Å². The predicted octanol–water partition coefficient (Wildman–Crippen LogP) is 2.38. The molecule has 2 N–H and O–H groups in total. The van der Waals surface area contributed by atoms with Crippen molar-refractivity contribution in [3.8, 4) is 0 Å². The topological polar surface area (TPSA) is 95.6 Å². The normalized spacial score (nSPS) is 15.5. The van der Waals surface area contributed by atoms with Crippen LogP contribution >= 0.6 is 11.6 Å². The Hall–Kier alpha value is -2.56. The maximum Gasteiger partial charge on any atom is 0.255 e. The summed E-state index contributed by atoms with van der Waals surface area (Å²) in [5.74, 6) is -2.94. The number of amides is 2. The van der Waals surface area contributed by atoms with Crippen LogP contribution in [0.4, 0.5) is 14.5 Å². The molecule has 0 radical (unpaired) electrons. The Morgan fingerprint density at radius 3 is 2.59 bits per heavy atom. The van der Waals surface area contributed by atoms with Crippen molar-refractivity contribution in [2.24, 2.45) is 0 Å². The number of sulfonamides is 1. The van der Waals surface area contributed by atoms with Crippen molar-refractivity contribution in [3.05, 3.63) is 58.6 Å². The number of hydrogen-bond donors (Lipinski definition) is 2. The number of carbonyl (C=O) groups excluding carboxylic acids is 2. The van der Waals surface area contributed by atoms with Crippen LogP contribution in [0.2, 0.25) is 5.02 Å². The van der Waals surface area contributed by atoms with Gasteiger partial charge in [-0.15, -0.1) is 0 Å². The summed E-state index contributed by atoms with van der Waals surface area (Å²) >= 11 is 5.67. The highest BCUT2D eigenvalue weighted by atomic mass is 35.5. The van der Waals surface area contributed by atoms with E-state index < -0.39 is 44.9 Å². The van der Waals surface area contributed by atoms with Crippen molar-refractivity contribution in [1.82, 2.24) is 9.62 Å². The van der Waals surface area contributed by atoms with E-state index in [0.717, 1.165) is 28.6 Å². The lowest BCUT2D eigenvalue weighted by molar-refractivity contribution is -0.120. The van der Waals surface area contributed by atoms with Crippen LogP contribution in [0.3, 0.4) is 0 Å². The summed E-state index contributed by atoms with van der Waals surface area (Å²) in [4.78, 5) is 23.4. The van der Waals surface area contributed by atoms with Crippen molar-refractivity contribution >= 4 is 39.1 Å². The molecule has 0 aliphatic carbocycles. The highest BCUT2D eigenvalue weighted by Gasteiger charge is 2.31. The number of nitrogens with one attached hydrogen (secondary N) is 2. The van der Waals surface area contributed by atoms with E-state index in [1.165, 1.54) is 12.1 Å². The molecule has 7 nitrogen and oxygen atoms in total. The lowest BCUT2D eigenvalue weighted by Crippen LogP contribution is -2.37. The van der Waals surface area contributed by atoms with Crippen LogP contribution in [0.15, 0.2) is 41.3 Å². The van der Waals surface area contributed by atoms with Gasteiger partial charge in [-0.2, -0.15) is 4.31 Å². The second-order valence-electron chi connectivity index (χ2n) is 6.27. The Kier molecular flexibility index (Phi) is 6.15. The zero-order chi connectivity index (χ0) is 21.2. The number of halogens is 3. The van der Waals surface area contributed by atoms with Crippen LogP contribution in [-0.2, 0) is 14.8 Å². The fourth-order valence-corrected chi connectivity index (χ4v) is 4.45. The summed E-state index contributed by atoms with van der Waals surface area (Å²) in [6.45, 7) is -0.0900. The van der Waals surface area contributed by atoms with Crippen LogP contribution in [0.5, 0.6) is 0 Å². The van der Waals surface area contributed by atoms with Gasteiger partial charge in [0.1, 0.15) is 16.5 Å². The average molecular weight is 444 g/mol. The summed E-state index contributed by atoms with van der Waals surface area (Å²) in [7, 11) is -4.34. The molecular formula is C18H16ClF2N3O4S. The number of rotatable bonds is 4. The smallest absolute Gasteiger partial charge is 0.255 e. The number of nitrogens with zero attached hydrogens (tertiary/aromatic N) is 1. The van der Waals surface area contributed by atoms with Crippen LogP contribution in [0, 0.1) is 11.6 Å². The van der Waals surface area contributed by atoms with Gasteiger partial charge in [-0.05, 0) is 42.8 Å². The maximum absolute atomic E-state index is 14.3. The fraction of sp³-hybridized carbons (Fsp3) is 0.222. The molecule has 0 saturated carbocycles. The lowest BCUT2D eigenvalue weighted by Gasteiger charge is -2.19. The summed E-state index contributed by atoms with van der Waals surface area (Å²) < 4.78 is 54.1. The molecule has 2 amide bonds. The third kappa shape index (κ3) is 4.72. The van der Waals surface area contributed by atoms with Crippen LogP contribution in [0.25, 0.3) is 0 Å². The summed E-state index contributed by atoms with van der Waals surface area (Å²) in [6, 6.07) is 6.39. The van der Waals surface area contributed by atoms with Gasteiger partial charge in [0.25, 0.3) is 5.91 Å². The molecule has 2 aromatic rings. The summed E-state index contributed by atoms with van der Waals surface area (Å²) in [5, 5.41) is 4.77. The van der Waals surface area contributed by atoms with Gasteiger partial charge in [0.15, 0.2) is 0 Å². The molecule has 1 saturated heterocycles. The molecule has 1 aliphatic heterocycles. The number of benzene rings is 2. The molecule has 0 aromatic heterocycles. The number of carbonyl (C=O) groups is 2. The van der Waals surface area contributed by atoms with E-state index in [2.05, 4.69) is 10.6 Å². The Morgan fingerprint density at radius 1 is 1.14 bits per heavy atom. The minimum absolute atomic E-state index is 0.0328. The monoisotopic (exact) mass is 443 g/mol. The van der Waals surface area contributed by atoms with Crippen LogP contribution in [0.1, 0.15) is 16.8 Å². The molecular weight excluding hydrogens is 428 g/mol. The van der Waals surface area contributed by atoms with Crippen molar-refractivity contribution in [1.29, 1.82) is 0 Å². The van der Waals surface area contributed by atoms with E-state index in [9.17, 15) is 26.8 Å². The van der Waals surface area contributed by atoms with Crippen LogP contribution in [-0.4, -0.2) is 44.2 Å². The van der Waals surface area contributed by atoms with Crippen molar-refractivity contribution in [2.75, 3.05) is 25.0 Å². The second-order valence-corrected chi connectivity index (χ2v) is 8.58. The first-order chi connectivity index (χ1) is 13.7. The molecule has 0 bridgehead atoms. The van der Waals surface area contributed by atoms with E-state index in [0.29, 0.717) is 13.0 Å². The molecule has 3 rings (SSSR count). The molecule has 11 heteroatoms. The van der Waals surface area contributed by atoms with Gasteiger partial charge >= 0.3 is 0 Å². The Bertz CT molecular complexity index is 1080.